The van der Waals surface area contributed by atoms with Crippen LogP contribution in [0.25, 0.3) is 0 Å². The van der Waals surface area contributed by atoms with Gasteiger partial charge in [0.2, 0.25) is 11.8 Å². The van der Waals surface area contributed by atoms with Gasteiger partial charge in [-0.25, -0.2) is 0 Å². The topological polar surface area (TPSA) is 54.5 Å². The minimum atomic E-state index is -0.195. The van der Waals surface area contributed by atoms with Gasteiger partial charge in [0.25, 0.3) is 0 Å². The maximum Gasteiger partial charge on any atom is 0.233 e. The molecule has 1 saturated carbocycles. The Balaban J connectivity index is 1.75. The van der Waals surface area contributed by atoms with Crippen LogP contribution in [0.2, 0.25) is 0 Å². The fourth-order valence-corrected chi connectivity index (χ4v) is 3.35. The number of Topliss-reactive ketones (excluding diaryl/α,β-unsaturated/α-hetero) is 1. The maximum absolute atomic E-state index is 12.2. The number of hydrogen-bond acceptors (Lipinski definition) is 3. The van der Waals surface area contributed by atoms with Gasteiger partial charge >= 0.3 is 0 Å². The third kappa shape index (κ3) is 2.20. The highest BCUT2D eigenvalue weighted by atomic mass is 79.9. The molecule has 1 saturated heterocycles. The van der Waals surface area contributed by atoms with E-state index in [1.807, 2.05) is 0 Å². The molecule has 0 bridgehead atoms. The Morgan fingerprint density at radius 2 is 1.65 bits per heavy atom. The van der Waals surface area contributed by atoms with Crippen molar-refractivity contribution in [1.82, 2.24) is 4.90 Å². The van der Waals surface area contributed by atoms with E-state index in [-0.39, 0.29) is 36.0 Å². The fraction of sp³-hybridized carbons (Fsp3) is 0.400. The van der Waals surface area contributed by atoms with Gasteiger partial charge in [-0.15, -0.1) is 0 Å². The number of carbonyl (C=O) groups is 3. The Morgan fingerprint density at radius 1 is 1.10 bits per heavy atom. The Kier molecular flexibility index (Phi) is 3.46. The quantitative estimate of drug-likeness (QED) is 0.629. The Hall–Kier alpha value is -1.49. The number of fused-ring (bicyclic) bond motifs is 1. The molecule has 0 N–H and O–H groups in total. The standard InChI is InChI=1S/C15H14BrNO3/c16-10-6-4-9(5-7-10)13(18)8-17-14(19)11-2-1-3-12(11)15(17)20/h4-7,11-12H,1-3,8H2. The number of nitrogens with zero attached hydrogens (tertiary/aromatic N) is 1. The summed E-state index contributed by atoms with van der Waals surface area (Å²) in [5, 5.41) is 0. The van der Waals surface area contributed by atoms with Crippen molar-refractivity contribution in [2.24, 2.45) is 11.8 Å². The van der Waals surface area contributed by atoms with Gasteiger partial charge in [-0.05, 0) is 25.0 Å². The third-order valence-corrected chi connectivity index (χ3v) is 4.68. The van der Waals surface area contributed by atoms with Crippen LogP contribution < -0.4 is 0 Å². The van der Waals surface area contributed by atoms with Crippen molar-refractivity contribution in [1.29, 1.82) is 0 Å². The van der Waals surface area contributed by atoms with Crippen molar-refractivity contribution < 1.29 is 14.4 Å². The molecule has 1 heterocycles. The number of ketones is 1. The first kappa shape index (κ1) is 13.5. The molecule has 1 aliphatic carbocycles. The Bertz CT molecular complexity index is 559. The van der Waals surface area contributed by atoms with Crippen LogP contribution >= 0.6 is 15.9 Å². The lowest BCUT2D eigenvalue weighted by Crippen LogP contribution is -2.36. The van der Waals surface area contributed by atoms with Gasteiger partial charge < -0.3 is 0 Å². The lowest BCUT2D eigenvalue weighted by atomic mass is 10.00. The highest BCUT2D eigenvalue weighted by Crippen LogP contribution is 2.39. The first-order chi connectivity index (χ1) is 9.58. The molecule has 2 unspecified atom stereocenters. The second-order valence-electron chi connectivity index (χ2n) is 5.34. The fourth-order valence-electron chi connectivity index (χ4n) is 3.09. The van der Waals surface area contributed by atoms with Crippen LogP contribution in [0.3, 0.4) is 0 Å². The molecule has 2 fully saturated rings. The highest BCUT2D eigenvalue weighted by Gasteiger charge is 2.49. The van der Waals surface area contributed by atoms with Crippen LogP contribution in [0.1, 0.15) is 29.6 Å². The number of carbonyl (C=O) groups excluding carboxylic acids is 3. The second-order valence-corrected chi connectivity index (χ2v) is 6.25. The molecule has 0 radical (unpaired) electrons. The summed E-state index contributed by atoms with van der Waals surface area (Å²) in [4.78, 5) is 37.6. The van der Waals surface area contributed by atoms with Gasteiger partial charge in [0, 0.05) is 10.0 Å². The van der Waals surface area contributed by atoms with E-state index in [9.17, 15) is 14.4 Å². The number of halogens is 1. The van der Waals surface area contributed by atoms with Crippen LogP contribution in [-0.4, -0.2) is 29.0 Å². The summed E-state index contributed by atoms with van der Waals surface area (Å²) in [5.74, 6) is -0.884. The van der Waals surface area contributed by atoms with E-state index < -0.39 is 0 Å². The molecule has 1 aromatic rings. The number of imide groups is 1. The second kappa shape index (κ2) is 5.13. The predicted molar refractivity (Wildman–Crippen MR) is 76.0 cm³/mol. The summed E-state index contributed by atoms with van der Waals surface area (Å²) in [6.07, 6.45) is 2.48. The normalized spacial score (nSPS) is 25.1. The summed E-state index contributed by atoms with van der Waals surface area (Å²) >= 11 is 3.30. The lowest BCUT2D eigenvalue weighted by Gasteiger charge is -2.14. The van der Waals surface area contributed by atoms with Crippen molar-refractivity contribution in [3.63, 3.8) is 0 Å². The van der Waals surface area contributed by atoms with Gasteiger partial charge in [0.1, 0.15) is 0 Å². The molecule has 2 amide bonds. The molecule has 1 aliphatic heterocycles. The van der Waals surface area contributed by atoms with E-state index in [4.69, 9.17) is 0 Å². The van der Waals surface area contributed by atoms with Gasteiger partial charge in [-0.1, -0.05) is 34.5 Å². The smallest absolute Gasteiger partial charge is 0.233 e. The van der Waals surface area contributed by atoms with E-state index in [1.165, 1.54) is 0 Å². The summed E-state index contributed by atoms with van der Waals surface area (Å²) in [6.45, 7) is -0.133. The maximum atomic E-state index is 12.2. The molecule has 20 heavy (non-hydrogen) atoms. The minimum Gasteiger partial charge on any atom is -0.292 e. The molecule has 3 rings (SSSR count). The van der Waals surface area contributed by atoms with Gasteiger partial charge in [-0.2, -0.15) is 0 Å². The van der Waals surface area contributed by atoms with E-state index in [2.05, 4.69) is 15.9 Å². The third-order valence-electron chi connectivity index (χ3n) is 4.15. The monoisotopic (exact) mass is 335 g/mol. The molecular formula is C15H14BrNO3. The van der Waals surface area contributed by atoms with Gasteiger partial charge in [-0.3, -0.25) is 19.3 Å². The summed E-state index contributed by atoms with van der Waals surface area (Å²) in [7, 11) is 0. The van der Waals surface area contributed by atoms with E-state index >= 15 is 0 Å². The SMILES string of the molecule is O=C(CN1C(=O)C2CCCC2C1=O)c1ccc(Br)cc1. The van der Waals surface area contributed by atoms with Crippen molar-refractivity contribution >= 4 is 33.5 Å². The van der Waals surface area contributed by atoms with Crippen molar-refractivity contribution in [2.45, 2.75) is 19.3 Å². The Morgan fingerprint density at radius 3 is 2.20 bits per heavy atom. The number of benzene rings is 1. The van der Waals surface area contributed by atoms with Gasteiger partial charge in [0.05, 0.1) is 18.4 Å². The molecule has 2 aliphatic rings. The largest absolute Gasteiger partial charge is 0.292 e. The van der Waals surface area contributed by atoms with Crippen LogP contribution in [0.15, 0.2) is 28.7 Å². The summed E-state index contributed by atoms with van der Waals surface area (Å²) in [5.41, 5.74) is 0.519. The molecule has 5 heteroatoms. The van der Waals surface area contributed by atoms with Gasteiger partial charge in [0.15, 0.2) is 5.78 Å². The van der Waals surface area contributed by atoms with Crippen molar-refractivity contribution in [3.05, 3.63) is 34.3 Å². The number of likely N-dealkylation sites (tertiary alicyclic amines) is 1. The lowest BCUT2D eigenvalue weighted by molar-refractivity contribution is -0.139. The van der Waals surface area contributed by atoms with Crippen molar-refractivity contribution in [3.8, 4) is 0 Å². The Labute approximate surface area is 125 Å². The summed E-state index contributed by atoms with van der Waals surface area (Å²) in [6, 6.07) is 6.93. The van der Waals surface area contributed by atoms with Crippen LogP contribution in [0, 0.1) is 11.8 Å². The molecular weight excluding hydrogens is 322 g/mol. The predicted octanol–water partition coefficient (Wildman–Crippen LogP) is 2.42. The average molecular weight is 336 g/mol. The number of hydrogen-bond donors (Lipinski definition) is 0. The molecule has 0 aromatic heterocycles. The zero-order valence-electron chi connectivity index (χ0n) is 10.8. The number of amides is 2. The van der Waals surface area contributed by atoms with Crippen LogP contribution in [-0.2, 0) is 9.59 Å². The molecule has 2 atom stereocenters. The molecule has 0 spiro atoms. The number of rotatable bonds is 3. The molecule has 4 nitrogen and oxygen atoms in total. The van der Waals surface area contributed by atoms with E-state index in [0.717, 1.165) is 28.6 Å². The minimum absolute atomic E-state index is 0.133. The van der Waals surface area contributed by atoms with E-state index in [1.54, 1.807) is 24.3 Å². The molecule has 104 valence electrons. The van der Waals surface area contributed by atoms with Crippen LogP contribution in [0.5, 0.6) is 0 Å². The average Bonchev–Trinajstić information content (AvgIpc) is 2.99. The van der Waals surface area contributed by atoms with E-state index in [0.29, 0.717) is 5.56 Å². The summed E-state index contributed by atoms with van der Waals surface area (Å²) < 4.78 is 0.886. The first-order valence-electron chi connectivity index (χ1n) is 6.72. The zero-order valence-corrected chi connectivity index (χ0v) is 12.4. The van der Waals surface area contributed by atoms with Crippen molar-refractivity contribution in [2.75, 3.05) is 6.54 Å². The van der Waals surface area contributed by atoms with Crippen LogP contribution in [0.4, 0.5) is 0 Å². The first-order valence-corrected chi connectivity index (χ1v) is 7.51. The molecule has 1 aromatic carbocycles. The zero-order chi connectivity index (χ0) is 14.3. The highest BCUT2D eigenvalue weighted by molar-refractivity contribution is 9.10.